The molecule has 0 bridgehead atoms. The van der Waals surface area contributed by atoms with Crippen molar-refractivity contribution in [2.75, 3.05) is 0 Å². The Morgan fingerprint density at radius 2 is 1.77 bits per heavy atom. The van der Waals surface area contributed by atoms with Gasteiger partial charge >= 0.3 is 6.18 Å². The van der Waals surface area contributed by atoms with Crippen LogP contribution in [-0.2, 0) is 24.0 Å². The molecule has 0 atom stereocenters. The van der Waals surface area contributed by atoms with Crippen molar-refractivity contribution in [1.29, 1.82) is 0 Å². The van der Waals surface area contributed by atoms with E-state index in [1.54, 1.807) is 6.07 Å². The molecule has 2 aromatic carbocycles. The molecule has 115 valence electrons. The minimum Gasteiger partial charge on any atom is -0.390 e. The molecule has 0 fully saturated rings. The van der Waals surface area contributed by atoms with Gasteiger partial charge in [0.05, 0.1) is 5.56 Å². The molecule has 0 aliphatic carbocycles. The monoisotopic (exact) mass is 306 g/mol. The SMILES string of the molecule is CCc1ccc(/[C]=N\OCc2cccc(C(F)(F)F)c2)cc1. The Kier molecular flexibility index (Phi) is 5.20. The molecular formula is C17H15F3NO. The lowest BCUT2D eigenvalue weighted by atomic mass is 10.1. The molecule has 2 rings (SSSR count). The topological polar surface area (TPSA) is 21.6 Å². The summed E-state index contributed by atoms with van der Waals surface area (Å²) in [6.07, 6.45) is -0.715. The molecule has 0 spiro atoms. The molecule has 0 saturated carbocycles. The molecule has 0 aliphatic heterocycles. The maximum absolute atomic E-state index is 12.6. The van der Waals surface area contributed by atoms with Crippen molar-refractivity contribution >= 4 is 6.21 Å². The largest absolute Gasteiger partial charge is 0.416 e. The summed E-state index contributed by atoms with van der Waals surface area (Å²) in [5.74, 6) is 0. The van der Waals surface area contributed by atoms with E-state index in [0.717, 1.165) is 24.1 Å². The zero-order chi connectivity index (χ0) is 16.0. The standard InChI is InChI=1S/C17H15F3NO/c1-2-13-6-8-14(9-7-13)11-21-22-12-15-4-3-5-16(10-15)17(18,19)20/h3-10H,2,12H2,1H3. The minimum atomic E-state index is -4.35. The van der Waals surface area contributed by atoms with Gasteiger partial charge in [0.25, 0.3) is 0 Å². The van der Waals surface area contributed by atoms with Gasteiger partial charge in [0, 0.05) is 5.56 Å². The Morgan fingerprint density at radius 1 is 1.05 bits per heavy atom. The second kappa shape index (κ2) is 7.11. The number of aryl methyl sites for hydroxylation is 1. The van der Waals surface area contributed by atoms with Gasteiger partial charge in [-0.25, -0.2) is 0 Å². The number of halogens is 3. The van der Waals surface area contributed by atoms with Crippen molar-refractivity contribution in [1.82, 2.24) is 0 Å². The molecule has 5 heteroatoms. The van der Waals surface area contributed by atoms with Crippen LogP contribution in [-0.4, -0.2) is 6.21 Å². The molecule has 0 heterocycles. The molecule has 0 unspecified atom stereocenters. The number of hydrogen-bond donors (Lipinski definition) is 0. The van der Waals surface area contributed by atoms with Crippen molar-refractivity contribution < 1.29 is 18.0 Å². The molecule has 22 heavy (non-hydrogen) atoms. The number of alkyl halides is 3. The van der Waals surface area contributed by atoms with Gasteiger partial charge in [-0.2, -0.15) is 13.2 Å². The Bertz CT molecular complexity index is 633. The predicted molar refractivity (Wildman–Crippen MR) is 78.6 cm³/mol. The van der Waals surface area contributed by atoms with Gasteiger partial charge in [0.1, 0.15) is 12.8 Å². The van der Waals surface area contributed by atoms with Crippen LogP contribution in [0.15, 0.2) is 53.7 Å². The van der Waals surface area contributed by atoms with E-state index in [2.05, 4.69) is 18.3 Å². The average molecular weight is 306 g/mol. The van der Waals surface area contributed by atoms with Crippen LogP contribution in [0.25, 0.3) is 0 Å². The van der Waals surface area contributed by atoms with Gasteiger partial charge in [0.2, 0.25) is 0 Å². The maximum Gasteiger partial charge on any atom is 0.416 e. The summed E-state index contributed by atoms with van der Waals surface area (Å²) in [5, 5.41) is 3.65. The van der Waals surface area contributed by atoms with Gasteiger partial charge in [-0.3, -0.25) is 0 Å². The van der Waals surface area contributed by atoms with Gasteiger partial charge in [-0.15, -0.1) is 0 Å². The van der Waals surface area contributed by atoms with Crippen molar-refractivity contribution in [3.8, 4) is 0 Å². The number of benzene rings is 2. The fourth-order valence-corrected chi connectivity index (χ4v) is 1.84. The molecule has 2 aromatic rings. The average Bonchev–Trinajstić information content (AvgIpc) is 2.52. The lowest BCUT2D eigenvalue weighted by molar-refractivity contribution is -0.137. The van der Waals surface area contributed by atoms with Gasteiger partial charge in [0.15, 0.2) is 0 Å². The fraction of sp³-hybridized carbons (Fsp3) is 0.235. The third-order valence-corrected chi connectivity index (χ3v) is 3.09. The van der Waals surface area contributed by atoms with E-state index in [1.807, 2.05) is 24.3 Å². The zero-order valence-electron chi connectivity index (χ0n) is 12.0. The molecular weight excluding hydrogens is 291 g/mol. The lowest BCUT2D eigenvalue weighted by Crippen LogP contribution is -2.05. The Morgan fingerprint density at radius 3 is 2.41 bits per heavy atom. The van der Waals surface area contributed by atoms with Crippen molar-refractivity contribution in [3.63, 3.8) is 0 Å². The van der Waals surface area contributed by atoms with E-state index in [9.17, 15) is 13.2 Å². The van der Waals surface area contributed by atoms with E-state index in [0.29, 0.717) is 5.56 Å². The van der Waals surface area contributed by atoms with Crippen LogP contribution in [0.4, 0.5) is 13.2 Å². The molecule has 0 aliphatic rings. The summed E-state index contributed by atoms with van der Waals surface area (Å²) < 4.78 is 37.7. The van der Waals surface area contributed by atoms with E-state index in [-0.39, 0.29) is 6.61 Å². The predicted octanol–water partition coefficient (Wildman–Crippen LogP) is 4.70. The van der Waals surface area contributed by atoms with Gasteiger partial charge in [-0.05, 0) is 29.7 Å². The molecule has 0 saturated heterocycles. The van der Waals surface area contributed by atoms with E-state index in [1.165, 1.54) is 11.6 Å². The minimum absolute atomic E-state index is 0.0377. The quantitative estimate of drug-likeness (QED) is 0.580. The third kappa shape index (κ3) is 4.62. The van der Waals surface area contributed by atoms with Crippen LogP contribution in [0.1, 0.15) is 29.2 Å². The molecule has 0 aromatic heterocycles. The highest BCUT2D eigenvalue weighted by Gasteiger charge is 2.30. The van der Waals surface area contributed by atoms with E-state index < -0.39 is 11.7 Å². The highest BCUT2D eigenvalue weighted by Crippen LogP contribution is 2.29. The summed E-state index contributed by atoms with van der Waals surface area (Å²) in [4.78, 5) is 4.99. The van der Waals surface area contributed by atoms with Crippen molar-refractivity contribution in [3.05, 3.63) is 70.8 Å². The Balaban J connectivity index is 1.91. The zero-order valence-corrected chi connectivity index (χ0v) is 12.0. The van der Waals surface area contributed by atoms with Crippen LogP contribution < -0.4 is 0 Å². The molecule has 2 nitrogen and oxygen atoms in total. The van der Waals surface area contributed by atoms with Crippen LogP contribution in [0.2, 0.25) is 0 Å². The number of nitrogens with zero attached hydrogens (tertiary/aromatic N) is 1. The van der Waals surface area contributed by atoms with Gasteiger partial charge in [-0.1, -0.05) is 48.5 Å². The Hall–Kier alpha value is -2.30. The normalized spacial score (nSPS) is 11.8. The first-order valence-corrected chi connectivity index (χ1v) is 6.82. The van der Waals surface area contributed by atoms with Crippen LogP contribution >= 0.6 is 0 Å². The summed E-state index contributed by atoms with van der Waals surface area (Å²) in [6.45, 7) is 2.02. The highest BCUT2D eigenvalue weighted by atomic mass is 19.4. The summed E-state index contributed by atoms with van der Waals surface area (Å²) in [7, 11) is 0. The number of rotatable bonds is 5. The molecule has 0 N–H and O–H groups in total. The van der Waals surface area contributed by atoms with Crippen molar-refractivity contribution in [2.45, 2.75) is 26.1 Å². The maximum atomic E-state index is 12.6. The highest BCUT2D eigenvalue weighted by molar-refractivity contribution is 5.79. The lowest BCUT2D eigenvalue weighted by Gasteiger charge is -2.07. The van der Waals surface area contributed by atoms with Crippen LogP contribution in [0.3, 0.4) is 0 Å². The smallest absolute Gasteiger partial charge is 0.390 e. The molecule has 1 radical (unpaired) electrons. The molecule has 0 amide bonds. The van der Waals surface area contributed by atoms with E-state index >= 15 is 0 Å². The second-order valence-corrected chi connectivity index (χ2v) is 4.73. The fourth-order valence-electron chi connectivity index (χ4n) is 1.84. The van der Waals surface area contributed by atoms with E-state index in [4.69, 9.17) is 4.84 Å². The van der Waals surface area contributed by atoms with Crippen molar-refractivity contribution in [2.24, 2.45) is 5.16 Å². The van der Waals surface area contributed by atoms with Crippen LogP contribution in [0, 0.1) is 0 Å². The first-order chi connectivity index (χ1) is 10.5. The first-order valence-electron chi connectivity index (χ1n) is 6.82. The Labute approximate surface area is 127 Å². The summed E-state index contributed by atoms with van der Waals surface area (Å²) >= 11 is 0. The van der Waals surface area contributed by atoms with Crippen LogP contribution in [0.5, 0.6) is 0 Å². The summed E-state index contributed by atoms with van der Waals surface area (Å²) in [6, 6.07) is 12.6. The van der Waals surface area contributed by atoms with Gasteiger partial charge < -0.3 is 4.84 Å². The first kappa shape index (κ1) is 16.1. The second-order valence-electron chi connectivity index (χ2n) is 4.73. The number of hydrogen-bond acceptors (Lipinski definition) is 2. The summed E-state index contributed by atoms with van der Waals surface area (Å²) in [5.41, 5.74) is 1.66. The third-order valence-electron chi connectivity index (χ3n) is 3.09.